The summed E-state index contributed by atoms with van der Waals surface area (Å²) in [5, 5.41) is 3.79. The van der Waals surface area contributed by atoms with Crippen LogP contribution in [-0.2, 0) is 13.1 Å². The highest BCUT2D eigenvalue weighted by molar-refractivity contribution is 6.30. The normalized spacial score (nSPS) is 15.1. The predicted octanol–water partition coefficient (Wildman–Crippen LogP) is 2.87. The lowest BCUT2D eigenvalue weighted by molar-refractivity contribution is 0.249. The number of nitrogens with zero attached hydrogens (tertiary/aromatic N) is 2. The van der Waals surface area contributed by atoms with E-state index in [0.717, 1.165) is 38.3 Å². The van der Waals surface area contributed by atoms with E-state index in [1.165, 1.54) is 5.56 Å². The second-order valence-corrected chi connectivity index (χ2v) is 7.55. The van der Waals surface area contributed by atoms with Gasteiger partial charge in [0.15, 0.2) is 0 Å². The summed E-state index contributed by atoms with van der Waals surface area (Å²) in [6.45, 7) is 4.57. The lowest BCUT2D eigenvalue weighted by atomic mass is 10.1. The van der Waals surface area contributed by atoms with Gasteiger partial charge in [-0.1, -0.05) is 54.1 Å². The first-order chi connectivity index (χ1) is 13.6. The fourth-order valence-corrected chi connectivity index (χ4v) is 3.87. The molecule has 28 heavy (non-hydrogen) atoms. The molecule has 3 aromatic rings. The van der Waals surface area contributed by atoms with Crippen LogP contribution in [0.5, 0.6) is 0 Å². The number of hydrogen-bond acceptors (Lipinski definition) is 5. The Bertz CT molecular complexity index is 1020. The minimum atomic E-state index is -0.427. The first-order valence-electron chi connectivity index (χ1n) is 9.44. The van der Waals surface area contributed by atoms with Gasteiger partial charge in [-0.25, -0.2) is 0 Å². The predicted molar refractivity (Wildman–Crippen MR) is 114 cm³/mol. The van der Waals surface area contributed by atoms with Crippen molar-refractivity contribution in [2.75, 3.05) is 36.4 Å². The molecule has 0 bridgehead atoms. The van der Waals surface area contributed by atoms with Gasteiger partial charge in [0.05, 0.1) is 0 Å². The van der Waals surface area contributed by atoms with Crippen LogP contribution in [0.3, 0.4) is 0 Å². The average molecular weight is 396 g/mol. The minimum Gasteiger partial charge on any atom is -0.376 e. The van der Waals surface area contributed by atoms with Gasteiger partial charge >= 0.3 is 0 Å². The Morgan fingerprint density at radius 3 is 2.29 bits per heavy atom. The average Bonchev–Trinajstić information content (AvgIpc) is 2.72. The molecule has 5 nitrogen and oxygen atoms in total. The summed E-state index contributed by atoms with van der Waals surface area (Å²) in [5.74, 6) is 0. The largest absolute Gasteiger partial charge is 0.376 e. The van der Waals surface area contributed by atoms with Gasteiger partial charge in [-0.15, -0.1) is 0 Å². The van der Waals surface area contributed by atoms with Crippen LogP contribution in [0.15, 0.2) is 64.2 Å². The fraction of sp³-hybridized carbons (Fsp3) is 0.273. The van der Waals surface area contributed by atoms with Crippen LogP contribution in [0.1, 0.15) is 11.1 Å². The Hall–Kier alpha value is -2.63. The molecule has 0 unspecified atom stereocenters. The first-order valence-corrected chi connectivity index (χ1v) is 9.82. The molecule has 1 N–H and O–H groups in total. The zero-order valence-corrected chi connectivity index (χ0v) is 16.3. The minimum absolute atomic E-state index is 0.384. The number of rotatable bonds is 6. The van der Waals surface area contributed by atoms with E-state index < -0.39 is 5.43 Å². The molecule has 1 saturated heterocycles. The summed E-state index contributed by atoms with van der Waals surface area (Å²) < 4.78 is 0. The van der Waals surface area contributed by atoms with Crippen molar-refractivity contribution in [3.8, 4) is 0 Å². The second kappa shape index (κ2) is 8.17. The number of halogens is 1. The number of hydrogen-bond donors (Lipinski definition) is 1. The third-order valence-electron chi connectivity index (χ3n) is 5.18. The quantitative estimate of drug-likeness (QED) is 0.650. The van der Waals surface area contributed by atoms with Crippen molar-refractivity contribution in [3.63, 3.8) is 0 Å². The fourth-order valence-electron chi connectivity index (χ4n) is 3.65. The molecule has 0 aliphatic carbocycles. The number of piperazine rings is 1. The maximum absolute atomic E-state index is 12.2. The van der Waals surface area contributed by atoms with E-state index in [2.05, 4.69) is 22.3 Å². The molecular weight excluding hydrogens is 374 g/mol. The highest BCUT2D eigenvalue weighted by Gasteiger charge is 2.28. The van der Waals surface area contributed by atoms with E-state index in [-0.39, 0.29) is 5.43 Å². The molecule has 1 heterocycles. The molecule has 0 spiro atoms. The van der Waals surface area contributed by atoms with E-state index in [1.807, 2.05) is 47.4 Å². The van der Waals surface area contributed by atoms with Gasteiger partial charge in [-0.3, -0.25) is 14.5 Å². The molecule has 144 valence electrons. The molecular formula is C22H22ClN3O2. The van der Waals surface area contributed by atoms with Crippen molar-refractivity contribution in [1.29, 1.82) is 0 Å². The van der Waals surface area contributed by atoms with Crippen molar-refractivity contribution in [3.05, 3.63) is 91.2 Å². The van der Waals surface area contributed by atoms with Gasteiger partial charge < -0.3 is 10.2 Å². The molecule has 0 saturated carbocycles. The van der Waals surface area contributed by atoms with E-state index >= 15 is 0 Å². The van der Waals surface area contributed by atoms with Crippen molar-refractivity contribution in [2.45, 2.75) is 13.1 Å². The van der Waals surface area contributed by atoms with Crippen molar-refractivity contribution < 1.29 is 0 Å². The summed E-state index contributed by atoms with van der Waals surface area (Å²) in [6, 6.07) is 17.8. The molecule has 0 radical (unpaired) electrons. The van der Waals surface area contributed by atoms with E-state index in [0.29, 0.717) is 22.9 Å². The molecule has 1 aliphatic heterocycles. The van der Waals surface area contributed by atoms with Crippen LogP contribution < -0.4 is 21.1 Å². The lowest BCUT2D eigenvalue weighted by Crippen LogP contribution is -2.51. The third-order valence-corrected chi connectivity index (χ3v) is 5.42. The number of nitrogens with one attached hydrogen (secondary N) is 1. The number of anilines is 2. The van der Waals surface area contributed by atoms with Crippen LogP contribution in [0.25, 0.3) is 0 Å². The van der Waals surface area contributed by atoms with Gasteiger partial charge in [0.1, 0.15) is 11.4 Å². The Labute approximate surface area is 168 Å². The Kier molecular flexibility index (Phi) is 5.46. The first kappa shape index (κ1) is 18.7. The Morgan fingerprint density at radius 2 is 1.57 bits per heavy atom. The van der Waals surface area contributed by atoms with Crippen molar-refractivity contribution in [2.24, 2.45) is 0 Å². The topological polar surface area (TPSA) is 52.7 Å². The lowest BCUT2D eigenvalue weighted by Gasteiger charge is -2.37. The molecule has 0 amide bonds. The van der Waals surface area contributed by atoms with Gasteiger partial charge in [-0.2, -0.15) is 0 Å². The van der Waals surface area contributed by atoms with Crippen LogP contribution in [0.4, 0.5) is 11.4 Å². The summed E-state index contributed by atoms with van der Waals surface area (Å²) in [7, 11) is 0. The van der Waals surface area contributed by atoms with Crippen LogP contribution in [0.2, 0.25) is 5.02 Å². The van der Waals surface area contributed by atoms with Gasteiger partial charge in [0.2, 0.25) is 0 Å². The van der Waals surface area contributed by atoms with Gasteiger partial charge in [-0.05, 0) is 23.3 Å². The van der Waals surface area contributed by atoms with E-state index in [9.17, 15) is 9.59 Å². The SMILES string of the molecule is O=c1c(NCc2cccc(Cl)c2)c(N2CCN(Cc3ccccc3)CC2)c1=O. The summed E-state index contributed by atoms with van der Waals surface area (Å²) >= 11 is 6.01. The standard InChI is InChI=1S/C22H22ClN3O2/c23-18-8-4-7-17(13-18)14-24-19-20(22(28)21(19)27)26-11-9-25(10-12-26)15-16-5-2-1-3-6-16/h1-8,13,24H,9-12,14-15H2. The highest BCUT2D eigenvalue weighted by atomic mass is 35.5. The second-order valence-electron chi connectivity index (χ2n) is 7.11. The van der Waals surface area contributed by atoms with Gasteiger partial charge in [0, 0.05) is 44.3 Å². The zero-order valence-electron chi connectivity index (χ0n) is 15.5. The van der Waals surface area contributed by atoms with Crippen LogP contribution in [0, 0.1) is 0 Å². The molecule has 6 heteroatoms. The molecule has 1 fully saturated rings. The monoisotopic (exact) mass is 395 g/mol. The Balaban J connectivity index is 1.38. The summed E-state index contributed by atoms with van der Waals surface area (Å²) in [6.07, 6.45) is 0. The van der Waals surface area contributed by atoms with Crippen LogP contribution in [-0.4, -0.2) is 31.1 Å². The molecule has 3 aromatic carbocycles. The summed E-state index contributed by atoms with van der Waals surface area (Å²) in [4.78, 5) is 28.7. The molecule has 0 aromatic heterocycles. The third kappa shape index (κ3) is 3.96. The maximum atomic E-state index is 12.2. The summed E-state index contributed by atoms with van der Waals surface area (Å²) in [5.41, 5.74) is 2.41. The van der Waals surface area contributed by atoms with Crippen molar-refractivity contribution in [1.82, 2.24) is 4.90 Å². The highest BCUT2D eigenvalue weighted by Crippen LogP contribution is 2.23. The van der Waals surface area contributed by atoms with E-state index in [1.54, 1.807) is 0 Å². The number of benzene rings is 2. The molecule has 4 rings (SSSR count). The molecule has 1 aliphatic rings. The van der Waals surface area contributed by atoms with Crippen LogP contribution >= 0.6 is 11.6 Å². The Morgan fingerprint density at radius 1 is 0.857 bits per heavy atom. The smallest absolute Gasteiger partial charge is 0.253 e. The zero-order chi connectivity index (χ0) is 19.5. The van der Waals surface area contributed by atoms with E-state index in [4.69, 9.17) is 11.6 Å². The van der Waals surface area contributed by atoms with Gasteiger partial charge in [0.25, 0.3) is 10.9 Å². The maximum Gasteiger partial charge on any atom is 0.253 e. The molecule has 0 atom stereocenters. The van der Waals surface area contributed by atoms with Crippen molar-refractivity contribution >= 4 is 23.0 Å².